The fraction of sp³-hybridized carbons (Fsp3) is 0.368. The molecule has 1 amide bonds. The molecule has 1 aromatic carbocycles. The predicted octanol–water partition coefficient (Wildman–Crippen LogP) is 4.30. The maximum atomic E-state index is 12.6. The standard InChI is InChI=1S/C19H21NO3S/c1-3-23-19(22)13-5-7-14(8-6-13)20-18(21)16-11-24-17-10-12(2)4-9-15(16)17/h5-8,11-12H,3-4,9-10H2,1-2H3,(H,20,21). The van der Waals surface area contributed by atoms with Crippen molar-refractivity contribution in [3.05, 3.63) is 51.2 Å². The Bertz CT molecular complexity index is 748. The minimum Gasteiger partial charge on any atom is -0.462 e. The second kappa shape index (κ2) is 7.18. The first-order valence-corrected chi connectivity index (χ1v) is 9.14. The van der Waals surface area contributed by atoms with Gasteiger partial charge in [0.15, 0.2) is 0 Å². The summed E-state index contributed by atoms with van der Waals surface area (Å²) in [6.07, 6.45) is 3.18. The Morgan fingerprint density at radius 2 is 2.04 bits per heavy atom. The van der Waals surface area contributed by atoms with Gasteiger partial charge in [-0.25, -0.2) is 4.79 Å². The highest BCUT2D eigenvalue weighted by Crippen LogP contribution is 2.33. The number of hydrogen-bond acceptors (Lipinski definition) is 4. The van der Waals surface area contributed by atoms with Crippen LogP contribution in [0.2, 0.25) is 0 Å². The molecule has 2 aromatic rings. The molecule has 1 aromatic heterocycles. The van der Waals surface area contributed by atoms with Crippen LogP contribution in [0.4, 0.5) is 5.69 Å². The average molecular weight is 343 g/mol. The second-order valence-corrected chi connectivity index (χ2v) is 7.12. The van der Waals surface area contributed by atoms with Crippen LogP contribution in [0.1, 0.15) is 51.4 Å². The lowest BCUT2D eigenvalue weighted by molar-refractivity contribution is 0.0526. The van der Waals surface area contributed by atoms with Gasteiger partial charge < -0.3 is 10.1 Å². The molecule has 126 valence electrons. The molecule has 0 spiro atoms. The fourth-order valence-electron chi connectivity index (χ4n) is 2.97. The van der Waals surface area contributed by atoms with E-state index in [1.165, 1.54) is 10.4 Å². The van der Waals surface area contributed by atoms with Crippen LogP contribution in [0.3, 0.4) is 0 Å². The minimum absolute atomic E-state index is 0.0778. The van der Waals surface area contributed by atoms with Crippen molar-refractivity contribution in [3.8, 4) is 0 Å². The number of benzene rings is 1. The van der Waals surface area contributed by atoms with E-state index in [9.17, 15) is 9.59 Å². The van der Waals surface area contributed by atoms with Crippen molar-refractivity contribution in [1.29, 1.82) is 0 Å². The van der Waals surface area contributed by atoms with Gasteiger partial charge >= 0.3 is 5.97 Å². The normalized spacial score (nSPS) is 16.3. The number of anilines is 1. The highest BCUT2D eigenvalue weighted by Gasteiger charge is 2.23. The minimum atomic E-state index is -0.351. The molecule has 0 saturated carbocycles. The van der Waals surface area contributed by atoms with Gasteiger partial charge in [0.25, 0.3) is 5.91 Å². The van der Waals surface area contributed by atoms with Crippen molar-refractivity contribution in [1.82, 2.24) is 0 Å². The van der Waals surface area contributed by atoms with Gasteiger partial charge in [-0.05, 0) is 61.9 Å². The van der Waals surface area contributed by atoms with E-state index in [1.54, 1.807) is 42.5 Å². The lowest BCUT2D eigenvalue weighted by Crippen LogP contribution is -2.16. The number of esters is 1. The van der Waals surface area contributed by atoms with E-state index < -0.39 is 0 Å². The van der Waals surface area contributed by atoms with Crippen LogP contribution < -0.4 is 5.32 Å². The summed E-state index contributed by atoms with van der Waals surface area (Å²) in [5.74, 6) is 0.268. The molecule has 1 aliphatic rings. The molecule has 1 unspecified atom stereocenters. The van der Waals surface area contributed by atoms with Gasteiger partial charge in [-0.1, -0.05) is 6.92 Å². The molecule has 0 bridgehead atoms. The predicted molar refractivity (Wildman–Crippen MR) is 95.9 cm³/mol. The zero-order valence-electron chi connectivity index (χ0n) is 13.9. The third-order valence-electron chi connectivity index (χ3n) is 4.30. The smallest absolute Gasteiger partial charge is 0.338 e. The molecular weight excluding hydrogens is 322 g/mol. The van der Waals surface area contributed by atoms with E-state index >= 15 is 0 Å². The summed E-state index contributed by atoms with van der Waals surface area (Å²) in [6, 6.07) is 6.78. The summed E-state index contributed by atoms with van der Waals surface area (Å²) in [5, 5.41) is 4.88. The lowest BCUT2D eigenvalue weighted by atomic mass is 9.88. The van der Waals surface area contributed by atoms with Crippen molar-refractivity contribution in [2.45, 2.75) is 33.1 Å². The van der Waals surface area contributed by atoms with Crippen LogP contribution in [0.25, 0.3) is 0 Å². The number of ether oxygens (including phenoxy) is 1. The van der Waals surface area contributed by atoms with Gasteiger partial charge in [0.05, 0.1) is 17.7 Å². The maximum Gasteiger partial charge on any atom is 0.338 e. The third-order valence-corrected chi connectivity index (χ3v) is 5.35. The van der Waals surface area contributed by atoms with Crippen LogP contribution in [0, 0.1) is 5.92 Å². The number of nitrogens with one attached hydrogen (secondary N) is 1. The molecule has 1 atom stereocenters. The molecule has 1 heterocycles. The van der Waals surface area contributed by atoms with Gasteiger partial charge in [-0.2, -0.15) is 0 Å². The van der Waals surface area contributed by atoms with Crippen molar-refractivity contribution >= 4 is 28.9 Å². The Labute approximate surface area is 145 Å². The Kier molecular flexibility index (Phi) is 5.00. The lowest BCUT2D eigenvalue weighted by Gasteiger charge is -2.18. The SMILES string of the molecule is CCOC(=O)c1ccc(NC(=O)c2csc3c2CCC(C)C3)cc1. The van der Waals surface area contributed by atoms with Gasteiger partial charge in [0, 0.05) is 15.9 Å². The third kappa shape index (κ3) is 3.51. The van der Waals surface area contributed by atoms with E-state index in [4.69, 9.17) is 4.74 Å². The molecule has 0 radical (unpaired) electrons. The van der Waals surface area contributed by atoms with E-state index in [2.05, 4.69) is 12.2 Å². The summed E-state index contributed by atoms with van der Waals surface area (Å²) < 4.78 is 4.95. The van der Waals surface area contributed by atoms with Crippen molar-refractivity contribution in [2.24, 2.45) is 5.92 Å². The monoisotopic (exact) mass is 343 g/mol. The topological polar surface area (TPSA) is 55.4 Å². The first kappa shape index (κ1) is 16.7. The number of carbonyl (C=O) groups excluding carboxylic acids is 2. The summed E-state index contributed by atoms with van der Waals surface area (Å²) in [7, 11) is 0. The van der Waals surface area contributed by atoms with E-state index in [1.807, 2.05) is 5.38 Å². The molecule has 0 saturated heterocycles. The second-order valence-electron chi connectivity index (χ2n) is 6.15. The summed E-state index contributed by atoms with van der Waals surface area (Å²) in [6.45, 7) is 4.38. The van der Waals surface area contributed by atoms with Crippen LogP contribution in [-0.2, 0) is 17.6 Å². The highest BCUT2D eigenvalue weighted by atomic mass is 32.1. The number of fused-ring (bicyclic) bond motifs is 1. The summed E-state index contributed by atoms with van der Waals surface area (Å²) in [4.78, 5) is 25.5. The van der Waals surface area contributed by atoms with Crippen molar-refractivity contribution in [2.75, 3.05) is 11.9 Å². The van der Waals surface area contributed by atoms with Crippen molar-refractivity contribution < 1.29 is 14.3 Å². The van der Waals surface area contributed by atoms with Gasteiger partial charge in [-0.3, -0.25) is 4.79 Å². The molecular formula is C19H21NO3S. The van der Waals surface area contributed by atoms with Gasteiger partial charge in [0.2, 0.25) is 0 Å². The zero-order chi connectivity index (χ0) is 17.1. The first-order valence-electron chi connectivity index (χ1n) is 8.26. The molecule has 1 N–H and O–H groups in total. The van der Waals surface area contributed by atoms with Crippen LogP contribution in [0.15, 0.2) is 29.6 Å². The molecule has 0 fully saturated rings. The number of thiophene rings is 1. The molecule has 4 nitrogen and oxygen atoms in total. The highest BCUT2D eigenvalue weighted by molar-refractivity contribution is 7.10. The van der Waals surface area contributed by atoms with Crippen molar-refractivity contribution in [3.63, 3.8) is 0 Å². The Balaban J connectivity index is 1.70. The largest absolute Gasteiger partial charge is 0.462 e. The Hall–Kier alpha value is -2.14. The summed E-state index contributed by atoms with van der Waals surface area (Å²) in [5.41, 5.74) is 3.16. The van der Waals surface area contributed by atoms with Gasteiger partial charge in [0.1, 0.15) is 0 Å². The molecule has 0 aliphatic heterocycles. The average Bonchev–Trinajstić information content (AvgIpc) is 2.98. The zero-order valence-corrected chi connectivity index (χ0v) is 14.7. The van der Waals surface area contributed by atoms with E-state index in [0.29, 0.717) is 23.8 Å². The number of carbonyl (C=O) groups is 2. The van der Waals surface area contributed by atoms with E-state index in [0.717, 1.165) is 24.8 Å². The van der Waals surface area contributed by atoms with Gasteiger partial charge in [-0.15, -0.1) is 11.3 Å². The Morgan fingerprint density at radius 3 is 2.75 bits per heavy atom. The summed E-state index contributed by atoms with van der Waals surface area (Å²) >= 11 is 1.68. The molecule has 5 heteroatoms. The van der Waals surface area contributed by atoms with Crippen LogP contribution in [-0.4, -0.2) is 18.5 Å². The first-order chi connectivity index (χ1) is 11.6. The Morgan fingerprint density at radius 1 is 1.29 bits per heavy atom. The molecule has 1 aliphatic carbocycles. The molecule has 24 heavy (non-hydrogen) atoms. The van der Waals surface area contributed by atoms with Crippen LogP contribution >= 0.6 is 11.3 Å². The quantitative estimate of drug-likeness (QED) is 0.842. The maximum absolute atomic E-state index is 12.6. The number of amides is 1. The number of hydrogen-bond donors (Lipinski definition) is 1. The van der Waals surface area contributed by atoms with E-state index in [-0.39, 0.29) is 11.9 Å². The molecule has 3 rings (SSSR count). The number of rotatable bonds is 4. The fourth-order valence-corrected chi connectivity index (χ4v) is 4.21. The van der Waals surface area contributed by atoms with Crippen LogP contribution in [0.5, 0.6) is 0 Å².